The van der Waals surface area contributed by atoms with Gasteiger partial charge in [0, 0.05) is 23.1 Å². The molecule has 0 atom stereocenters. The van der Waals surface area contributed by atoms with Gasteiger partial charge in [-0.25, -0.2) is 0 Å². The second-order valence-electron chi connectivity index (χ2n) is 5.25. The van der Waals surface area contributed by atoms with Crippen molar-refractivity contribution in [1.29, 1.82) is 0 Å². The lowest BCUT2D eigenvalue weighted by Crippen LogP contribution is -2.49. The molecule has 0 N–H and O–H groups in total. The SMILES string of the molecule is CC1(C)CN(CC(=O)c2ccc(Br)cc2)CCO1. The van der Waals surface area contributed by atoms with Gasteiger partial charge in [0.25, 0.3) is 0 Å². The van der Waals surface area contributed by atoms with Crippen LogP contribution < -0.4 is 0 Å². The number of hydrogen-bond donors (Lipinski definition) is 0. The number of carbonyl (C=O) groups is 1. The van der Waals surface area contributed by atoms with E-state index in [0.29, 0.717) is 13.2 Å². The Labute approximate surface area is 116 Å². The quantitative estimate of drug-likeness (QED) is 0.804. The Kier molecular flexibility index (Phi) is 4.20. The number of benzene rings is 1. The predicted octanol–water partition coefficient (Wildman–Crippen LogP) is 2.74. The topological polar surface area (TPSA) is 29.5 Å². The molecule has 0 amide bonds. The van der Waals surface area contributed by atoms with E-state index < -0.39 is 0 Å². The number of rotatable bonds is 3. The van der Waals surface area contributed by atoms with Gasteiger partial charge in [0.1, 0.15) is 0 Å². The van der Waals surface area contributed by atoms with Gasteiger partial charge in [0.05, 0.1) is 18.8 Å². The Hall–Kier alpha value is -0.710. The Morgan fingerprint density at radius 1 is 1.39 bits per heavy atom. The van der Waals surface area contributed by atoms with Crippen LogP contribution in [0.5, 0.6) is 0 Å². The van der Waals surface area contributed by atoms with Gasteiger partial charge in [-0.15, -0.1) is 0 Å². The molecule has 1 aliphatic heterocycles. The van der Waals surface area contributed by atoms with Crippen LogP contribution in [0.25, 0.3) is 0 Å². The van der Waals surface area contributed by atoms with Crippen LogP contribution >= 0.6 is 15.9 Å². The van der Waals surface area contributed by atoms with Crippen molar-refractivity contribution in [1.82, 2.24) is 4.90 Å². The molecule has 1 fully saturated rings. The summed E-state index contributed by atoms with van der Waals surface area (Å²) in [5.41, 5.74) is 0.612. The van der Waals surface area contributed by atoms with Gasteiger partial charge >= 0.3 is 0 Å². The van der Waals surface area contributed by atoms with Gasteiger partial charge in [-0.3, -0.25) is 9.69 Å². The summed E-state index contributed by atoms with van der Waals surface area (Å²) in [7, 11) is 0. The molecule has 0 aromatic heterocycles. The van der Waals surface area contributed by atoms with Crippen molar-refractivity contribution >= 4 is 21.7 Å². The van der Waals surface area contributed by atoms with E-state index in [1.54, 1.807) is 0 Å². The van der Waals surface area contributed by atoms with Crippen molar-refractivity contribution in [2.45, 2.75) is 19.4 Å². The van der Waals surface area contributed by atoms with Crippen molar-refractivity contribution in [3.63, 3.8) is 0 Å². The van der Waals surface area contributed by atoms with Gasteiger partial charge < -0.3 is 4.74 Å². The second kappa shape index (κ2) is 5.51. The predicted molar refractivity (Wildman–Crippen MR) is 74.9 cm³/mol. The molecular formula is C14H18BrNO2. The first-order valence-corrected chi connectivity index (χ1v) is 6.91. The zero-order chi connectivity index (χ0) is 13.2. The van der Waals surface area contributed by atoms with E-state index in [1.807, 2.05) is 24.3 Å². The fraction of sp³-hybridized carbons (Fsp3) is 0.500. The molecule has 1 aliphatic rings. The van der Waals surface area contributed by atoms with Gasteiger partial charge in [-0.1, -0.05) is 28.1 Å². The number of ether oxygens (including phenoxy) is 1. The van der Waals surface area contributed by atoms with Gasteiger partial charge in [-0.05, 0) is 26.0 Å². The van der Waals surface area contributed by atoms with E-state index >= 15 is 0 Å². The van der Waals surface area contributed by atoms with Crippen molar-refractivity contribution in [2.75, 3.05) is 26.2 Å². The molecule has 1 aromatic rings. The smallest absolute Gasteiger partial charge is 0.176 e. The third-order valence-corrected chi connectivity index (χ3v) is 3.57. The van der Waals surface area contributed by atoms with E-state index in [9.17, 15) is 4.79 Å². The molecule has 1 aromatic carbocycles. The lowest BCUT2D eigenvalue weighted by atomic mass is 10.1. The highest BCUT2D eigenvalue weighted by atomic mass is 79.9. The summed E-state index contributed by atoms with van der Waals surface area (Å²) < 4.78 is 6.63. The fourth-order valence-corrected chi connectivity index (χ4v) is 2.44. The molecule has 0 saturated carbocycles. The minimum atomic E-state index is -0.155. The minimum Gasteiger partial charge on any atom is -0.373 e. The summed E-state index contributed by atoms with van der Waals surface area (Å²) in [6, 6.07) is 7.52. The highest BCUT2D eigenvalue weighted by Crippen LogP contribution is 2.17. The van der Waals surface area contributed by atoms with E-state index in [0.717, 1.165) is 23.1 Å². The van der Waals surface area contributed by atoms with Crippen LogP contribution in [-0.4, -0.2) is 42.5 Å². The van der Waals surface area contributed by atoms with Crippen LogP contribution in [0.1, 0.15) is 24.2 Å². The van der Waals surface area contributed by atoms with Gasteiger partial charge in [0.2, 0.25) is 0 Å². The fourth-order valence-electron chi connectivity index (χ4n) is 2.18. The normalized spacial score (nSPS) is 19.7. The van der Waals surface area contributed by atoms with Crippen molar-refractivity contribution in [3.8, 4) is 0 Å². The van der Waals surface area contributed by atoms with Crippen molar-refractivity contribution < 1.29 is 9.53 Å². The molecule has 3 nitrogen and oxygen atoms in total. The van der Waals surface area contributed by atoms with Crippen LogP contribution in [-0.2, 0) is 4.74 Å². The lowest BCUT2D eigenvalue weighted by Gasteiger charge is -2.37. The van der Waals surface area contributed by atoms with Crippen molar-refractivity contribution in [3.05, 3.63) is 34.3 Å². The maximum Gasteiger partial charge on any atom is 0.176 e. The Morgan fingerprint density at radius 3 is 2.67 bits per heavy atom. The highest BCUT2D eigenvalue weighted by Gasteiger charge is 2.28. The first-order valence-electron chi connectivity index (χ1n) is 6.11. The van der Waals surface area contributed by atoms with E-state index in [2.05, 4.69) is 34.7 Å². The molecule has 2 rings (SSSR count). The largest absolute Gasteiger partial charge is 0.373 e. The standard InChI is InChI=1S/C14H18BrNO2/c1-14(2)10-16(7-8-18-14)9-13(17)11-3-5-12(15)6-4-11/h3-6H,7-10H2,1-2H3. The average molecular weight is 312 g/mol. The third kappa shape index (κ3) is 3.64. The Bertz CT molecular complexity index is 428. The molecule has 4 heteroatoms. The molecule has 1 saturated heterocycles. The maximum absolute atomic E-state index is 12.1. The van der Waals surface area contributed by atoms with E-state index in [1.165, 1.54) is 0 Å². The number of carbonyl (C=O) groups excluding carboxylic acids is 1. The number of halogens is 1. The second-order valence-corrected chi connectivity index (χ2v) is 6.16. The summed E-state index contributed by atoms with van der Waals surface area (Å²) in [6.07, 6.45) is 0. The summed E-state index contributed by atoms with van der Waals surface area (Å²) in [6.45, 7) is 6.91. The third-order valence-electron chi connectivity index (χ3n) is 3.04. The van der Waals surface area contributed by atoms with Gasteiger partial charge in [0.15, 0.2) is 5.78 Å². The van der Waals surface area contributed by atoms with Crippen molar-refractivity contribution in [2.24, 2.45) is 0 Å². The highest BCUT2D eigenvalue weighted by molar-refractivity contribution is 9.10. The number of morpholine rings is 1. The summed E-state index contributed by atoms with van der Waals surface area (Å²) >= 11 is 3.37. The summed E-state index contributed by atoms with van der Waals surface area (Å²) in [5.74, 6) is 0.167. The molecule has 0 spiro atoms. The molecule has 0 unspecified atom stereocenters. The number of hydrogen-bond acceptors (Lipinski definition) is 3. The molecule has 0 bridgehead atoms. The maximum atomic E-state index is 12.1. The molecule has 98 valence electrons. The van der Waals surface area contributed by atoms with Crippen LogP contribution in [0.2, 0.25) is 0 Å². The van der Waals surface area contributed by atoms with Crippen LogP contribution in [0.3, 0.4) is 0 Å². The first-order chi connectivity index (χ1) is 8.46. The molecule has 1 heterocycles. The molecule has 0 aliphatic carbocycles. The number of Topliss-reactive ketones (excluding diaryl/α,β-unsaturated/α-hetero) is 1. The number of ketones is 1. The van der Waals surface area contributed by atoms with Gasteiger partial charge in [-0.2, -0.15) is 0 Å². The minimum absolute atomic E-state index is 0.155. The summed E-state index contributed by atoms with van der Waals surface area (Å²) in [4.78, 5) is 14.3. The Morgan fingerprint density at radius 2 is 2.06 bits per heavy atom. The van der Waals surface area contributed by atoms with E-state index in [4.69, 9.17) is 4.74 Å². The first kappa shape index (κ1) is 13.7. The molecule has 0 radical (unpaired) electrons. The average Bonchev–Trinajstić information content (AvgIpc) is 2.28. The zero-order valence-electron chi connectivity index (χ0n) is 10.8. The Balaban J connectivity index is 1.97. The molecule has 18 heavy (non-hydrogen) atoms. The van der Waals surface area contributed by atoms with Crippen LogP contribution in [0, 0.1) is 0 Å². The van der Waals surface area contributed by atoms with E-state index in [-0.39, 0.29) is 11.4 Å². The van der Waals surface area contributed by atoms with Crippen LogP contribution in [0.15, 0.2) is 28.7 Å². The lowest BCUT2D eigenvalue weighted by molar-refractivity contribution is -0.0833. The molecular weight excluding hydrogens is 294 g/mol. The van der Waals surface area contributed by atoms with Crippen LogP contribution in [0.4, 0.5) is 0 Å². The monoisotopic (exact) mass is 311 g/mol. The summed E-state index contributed by atoms with van der Waals surface area (Å²) in [5, 5.41) is 0. The zero-order valence-corrected chi connectivity index (χ0v) is 12.4. The number of nitrogens with zero attached hydrogens (tertiary/aromatic N) is 1.